The third kappa shape index (κ3) is 17.2. The summed E-state index contributed by atoms with van der Waals surface area (Å²) >= 11 is 0. The predicted octanol–water partition coefficient (Wildman–Crippen LogP) is 30.7. The minimum Gasteiger partial charge on any atom is -0.461 e. The van der Waals surface area contributed by atoms with E-state index in [9.17, 15) is 0 Å². The molecule has 10 nitrogen and oxygen atoms in total. The van der Waals surface area contributed by atoms with Gasteiger partial charge in [0.25, 0.3) is 0 Å². The van der Waals surface area contributed by atoms with Crippen LogP contribution in [0, 0.1) is 0 Å². The Labute approximate surface area is 742 Å². The van der Waals surface area contributed by atoms with Crippen molar-refractivity contribution in [2.45, 2.75) is 5.92 Å². The molecule has 0 radical (unpaired) electrons. The second-order valence-electron chi connectivity index (χ2n) is 31.1. The van der Waals surface area contributed by atoms with Crippen LogP contribution in [-0.4, -0.2) is 35.6 Å². The molecule has 15 aromatic carbocycles. The van der Waals surface area contributed by atoms with Crippen molar-refractivity contribution in [1.29, 1.82) is 0 Å². The maximum absolute atomic E-state index is 5.71. The van der Waals surface area contributed by atoms with Crippen molar-refractivity contribution in [3.05, 3.63) is 497 Å². The number of aromatic nitrogens is 6. The zero-order valence-electron chi connectivity index (χ0n) is 69.7. The molecule has 0 saturated heterocycles. The first-order chi connectivity index (χ1) is 63.3. The molecule has 1 atom stereocenters. The highest BCUT2D eigenvalue weighted by molar-refractivity contribution is 6.10. The van der Waals surface area contributed by atoms with Crippen LogP contribution in [0.2, 0.25) is 0 Å². The third-order valence-electron chi connectivity index (χ3n) is 23.2. The lowest BCUT2D eigenvalue weighted by Crippen LogP contribution is -2.12. The van der Waals surface area contributed by atoms with Crippen LogP contribution in [0.3, 0.4) is 0 Å². The van der Waals surface area contributed by atoms with Gasteiger partial charge < -0.3 is 13.3 Å². The highest BCUT2D eigenvalue weighted by atomic mass is 16.3. The molecule has 1 aliphatic heterocycles. The van der Waals surface area contributed by atoms with Crippen molar-refractivity contribution < 1.29 is 13.3 Å². The molecule has 6 aromatic heterocycles. The zero-order valence-corrected chi connectivity index (χ0v) is 69.7. The summed E-state index contributed by atoms with van der Waals surface area (Å²) < 4.78 is 17.0. The standard InChI is InChI=1S/C46H33N3O.2C36H24N2O/c1-3-39-40(4-2)47-45(44(39)37-14-9-6-10-15-37)38-27-21-34(22-28-38)33-19-25-36(26-20-33)42-30-41(48-46(49-42)43-16-11-29-50-43)35-23-17-32(18-24-35)31-12-7-5-8-13-31;1-2-8-25(9-3-1)26-15-19-29(20-16-26)33-24-34(38-36(37-33)35-14-7-23-39-35)30-21-17-28(18-22-30)32-13-6-11-27-10-4-5-12-31(27)32;1-2-7-25(8-3-1)27-12-17-29(18-13-27)33-24-34(38-36(37-33)35-11-6-22-39-35)30-19-14-28(15-20-30)32-21-16-26-9-4-5-10-31(26)23-32/h3-30,44H,1-2H2;2*1-24H. The molecule has 0 bridgehead atoms. The van der Waals surface area contributed by atoms with Gasteiger partial charge >= 0.3 is 0 Å². The van der Waals surface area contributed by atoms with E-state index in [1.54, 1.807) is 18.8 Å². The van der Waals surface area contributed by atoms with Gasteiger partial charge in [0.15, 0.2) is 34.8 Å². The van der Waals surface area contributed by atoms with Gasteiger partial charge in [-0.15, -0.1) is 0 Å². The molecule has 1 aliphatic rings. The highest BCUT2D eigenvalue weighted by Gasteiger charge is 2.30. The van der Waals surface area contributed by atoms with E-state index in [1.165, 1.54) is 77.2 Å². The summed E-state index contributed by atoms with van der Waals surface area (Å²) in [5, 5.41) is 4.96. The van der Waals surface area contributed by atoms with Crippen LogP contribution in [-0.2, 0) is 0 Å². The van der Waals surface area contributed by atoms with E-state index in [4.69, 9.17) is 48.1 Å². The lowest BCUT2D eigenvalue weighted by atomic mass is 9.84. The molecule has 0 fully saturated rings. The second kappa shape index (κ2) is 36.5. The third-order valence-corrected chi connectivity index (χ3v) is 23.2. The summed E-state index contributed by atoms with van der Waals surface area (Å²) in [7, 11) is 0. The summed E-state index contributed by atoms with van der Waals surface area (Å²) in [6, 6.07) is 149. The smallest absolute Gasteiger partial charge is 0.196 e. The van der Waals surface area contributed by atoms with E-state index in [0.29, 0.717) is 34.8 Å². The fourth-order valence-corrected chi connectivity index (χ4v) is 16.5. The van der Waals surface area contributed by atoms with E-state index < -0.39 is 0 Å². The highest BCUT2D eigenvalue weighted by Crippen LogP contribution is 2.42. The van der Waals surface area contributed by atoms with Crippen molar-refractivity contribution in [3.8, 4) is 169 Å². The largest absolute Gasteiger partial charge is 0.461 e. The molecule has 0 spiro atoms. The van der Waals surface area contributed by atoms with E-state index in [1.807, 2.05) is 78.9 Å². The van der Waals surface area contributed by atoms with Crippen molar-refractivity contribution in [2.24, 2.45) is 4.99 Å². The molecule has 0 saturated carbocycles. The Bertz CT molecular complexity index is 7520. The Morgan fingerprint density at radius 3 is 0.875 bits per heavy atom. The number of allylic oxidation sites excluding steroid dienone is 3. The number of hydrogen-bond acceptors (Lipinski definition) is 10. The zero-order chi connectivity index (χ0) is 85.9. The molecule has 21 aromatic rings. The second-order valence-corrected chi connectivity index (χ2v) is 31.1. The van der Waals surface area contributed by atoms with Crippen LogP contribution >= 0.6 is 0 Å². The van der Waals surface area contributed by atoms with E-state index in [2.05, 4.69) is 377 Å². The van der Waals surface area contributed by atoms with Gasteiger partial charge in [-0.3, -0.25) is 4.99 Å². The first-order valence-electron chi connectivity index (χ1n) is 42.6. The van der Waals surface area contributed by atoms with Gasteiger partial charge in [0.05, 0.1) is 70.3 Å². The first-order valence-corrected chi connectivity index (χ1v) is 42.6. The maximum atomic E-state index is 5.71. The lowest BCUT2D eigenvalue weighted by molar-refractivity contribution is 0.577. The number of fused-ring (bicyclic) bond motifs is 2. The summed E-state index contributed by atoms with van der Waals surface area (Å²) in [5.74, 6) is 3.61. The van der Waals surface area contributed by atoms with Crippen molar-refractivity contribution >= 4 is 27.3 Å². The summed E-state index contributed by atoms with van der Waals surface area (Å²) in [6.45, 7) is 8.09. The van der Waals surface area contributed by atoms with Gasteiger partial charge in [-0.25, -0.2) is 29.9 Å². The molecule has 0 amide bonds. The van der Waals surface area contributed by atoms with Gasteiger partial charge in [-0.1, -0.05) is 389 Å². The summed E-state index contributed by atoms with van der Waals surface area (Å²) in [4.78, 5) is 34.3. The summed E-state index contributed by atoms with van der Waals surface area (Å²) in [5.41, 5.74) is 30.4. The average molecular weight is 1640 g/mol. The van der Waals surface area contributed by atoms with Crippen molar-refractivity contribution in [2.75, 3.05) is 0 Å². The van der Waals surface area contributed by atoms with Gasteiger partial charge in [-0.2, -0.15) is 0 Å². The molecule has 0 aliphatic carbocycles. The van der Waals surface area contributed by atoms with Crippen LogP contribution < -0.4 is 0 Å². The minimum absolute atomic E-state index is 0.0115. The number of nitrogens with zero attached hydrogens (tertiary/aromatic N) is 7. The Kier molecular flexibility index (Phi) is 22.6. The monoisotopic (exact) mass is 1640 g/mol. The molecular weight excluding hydrogens is 1560 g/mol. The molecule has 0 N–H and O–H groups in total. The molecule has 128 heavy (non-hydrogen) atoms. The molecule has 22 rings (SSSR count). The van der Waals surface area contributed by atoms with Gasteiger partial charge in [0.1, 0.15) is 0 Å². The Morgan fingerprint density at radius 2 is 0.516 bits per heavy atom. The molecule has 606 valence electrons. The van der Waals surface area contributed by atoms with Crippen LogP contribution in [0.5, 0.6) is 0 Å². The van der Waals surface area contributed by atoms with E-state index in [0.717, 1.165) is 107 Å². The quantitative estimate of drug-likeness (QED) is 0.0777. The van der Waals surface area contributed by atoms with Crippen molar-refractivity contribution in [1.82, 2.24) is 29.9 Å². The molecular formula is C118H81N7O3. The van der Waals surface area contributed by atoms with E-state index in [-0.39, 0.29) is 5.92 Å². The van der Waals surface area contributed by atoms with Crippen LogP contribution in [0.4, 0.5) is 0 Å². The van der Waals surface area contributed by atoms with Crippen LogP contribution in [0.1, 0.15) is 17.0 Å². The number of rotatable bonds is 19. The molecule has 1 unspecified atom stereocenters. The predicted molar refractivity (Wildman–Crippen MR) is 523 cm³/mol. The molecule has 7 heterocycles. The average Bonchev–Trinajstić information content (AvgIpc) is 1.63. The maximum Gasteiger partial charge on any atom is 0.196 e. The molecule has 10 heteroatoms. The van der Waals surface area contributed by atoms with E-state index >= 15 is 0 Å². The number of aliphatic imine (C=N–C) groups is 1. The fourth-order valence-electron chi connectivity index (χ4n) is 16.5. The van der Waals surface area contributed by atoms with Gasteiger partial charge in [0.2, 0.25) is 0 Å². The number of furan rings is 3. The van der Waals surface area contributed by atoms with Crippen molar-refractivity contribution in [3.63, 3.8) is 0 Å². The Balaban J connectivity index is 0.000000122. The van der Waals surface area contributed by atoms with Crippen LogP contribution in [0.25, 0.3) is 191 Å². The Hall–Kier alpha value is -17.2. The number of benzene rings is 15. The van der Waals surface area contributed by atoms with Crippen LogP contribution in [0.15, 0.2) is 504 Å². The SMILES string of the molecule is C=CC1=C(C=C)C(c2ccccc2)C(c2ccc(-c3ccc(-c4cc(-c5ccc(-c6ccccc6)cc5)nc(-c5ccco5)n4)cc3)cc2)=N1.c1ccc(-c2ccc(-c3cc(-c4ccc(-c5ccc6ccccc6c5)cc4)nc(-c4ccco4)n3)cc2)cc1.c1ccc(-c2ccc(-c3cc(-c4ccc(-c5cccc6ccccc56)cc4)nc(-c4ccco4)n3)cc2)cc1. The Morgan fingerprint density at radius 1 is 0.219 bits per heavy atom. The topological polar surface area (TPSA) is 129 Å². The fraction of sp³-hybridized carbons (Fsp3) is 0.00847. The normalized spacial score (nSPS) is 12.2. The summed E-state index contributed by atoms with van der Waals surface area (Å²) in [6.07, 6.45) is 8.67. The van der Waals surface area contributed by atoms with Gasteiger partial charge in [-0.05, 0) is 172 Å². The first kappa shape index (κ1) is 79.3. The van der Waals surface area contributed by atoms with Gasteiger partial charge in [0, 0.05) is 33.4 Å². The number of hydrogen-bond donors (Lipinski definition) is 0. The minimum atomic E-state index is 0.0115. The lowest BCUT2D eigenvalue weighted by Gasteiger charge is -2.17.